The lowest BCUT2D eigenvalue weighted by Crippen LogP contribution is -2.60. The molecule has 1 aromatic carbocycles. The number of methoxy groups -OCH3 is 1. The maximum atomic E-state index is 11.7. The van der Waals surface area contributed by atoms with Gasteiger partial charge < -0.3 is 21.1 Å². The van der Waals surface area contributed by atoms with Gasteiger partial charge in [0.25, 0.3) is 0 Å². The van der Waals surface area contributed by atoms with Gasteiger partial charge >= 0.3 is 0 Å². The molecule has 1 aliphatic rings. The molecule has 0 heterocycles. The second-order valence-corrected chi connectivity index (χ2v) is 5.21. The molecule has 1 unspecified atom stereocenters. The summed E-state index contributed by atoms with van der Waals surface area (Å²) in [5, 5.41) is 0. The van der Waals surface area contributed by atoms with E-state index in [1.165, 1.54) is 0 Å². The van der Waals surface area contributed by atoms with Crippen LogP contribution in [0.15, 0.2) is 24.3 Å². The first-order valence-electron chi connectivity index (χ1n) is 6.42. The highest BCUT2D eigenvalue weighted by Gasteiger charge is 2.47. The minimum atomic E-state index is -0.963. The van der Waals surface area contributed by atoms with Crippen LogP contribution in [-0.4, -0.2) is 32.1 Å². The fourth-order valence-corrected chi connectivity index (χ4v) is 2.43. The molecule has 1 fully saturated rings. The molecule has 2 rings (SSSR count). The summed E-state index contributed by atoms with van der Waals surface area (Å²) in [6, 6.07) is 7.65. The Morgan fingerprint density at radius 1 is 1.47 bits per heavy atom. The van der Waals surface area contributed by atoms with Crippen molar-refractivity contribution in [1.82, 2.24) is 0 Å². The van der Waals surface area contributed by atoms with E-state index in [-0.39, 0.29) is 5.92 Å². The predicted octanol–water partition coefficient (Wildman–Crippen LogP) is 0.724. The first kappa shape index (κ1) is 13.7. The zero-order chi connectivity index (χ0) is 14.0. The van der Waals surface area contributed by atoms with Crippen molar-refractivity contribution < 1.29 is 9.53 Å². The quantitative estimate of drug-likeness (QED) is 0.792. The third-order valence-corrected chi connectivity index (χ3v) is 3.76. The van der Waals surface area contributed by atoms with Crippen LogP contribution in [0.5, 0.6) is 5.75 Å². The summed E-state index contributed by atoms with van der Waals surface area (Å²) < 4.78 is 5.32. The van der Waals surface area contributed by atoms with Crippen molar-refractivity contribution in [2.24, 2.45) is 17.4 Å². The monoisotopic (exact) mass is 263 g/mol. The normalized spacial score (nSPS) is 17.6. The number of nitrogens with two attached hydrogens (primary N) is 2. The zero-order valence-electron chi connectivity index (χ0n) is 11.4. The van der Waals surface area contributed by atoms with Crippen LogP contribution in [0.3, 0.4) is 0 Å². The van der Waals surface area contributed by atoms with E-state index in [0.717, 1.165) is 24.3 Å². The first-order valence-corrected chi connectivity index (χ1v) is 6.42. The van der Waals surface area contributed by atoms with Crippen LogP contribution in [0, 0.1) is 5.92 Å². The standard InChI is InChI=1S/C14H21N3O2/c1-17(11-5-3-4-6-12(11)19-2)9-14(16,13(15)18)10-7-8-10/h3-6,10H,7-9,16H2,1-2H3,(H2,15,18). The summed E-state index contributed by atoms with van der Waals surface area (Å²) in [4.78, 5) is 13.6. The van der Waals surface area contributed by atoms with Crippen LogP contribution in [0.2, 0.25) is 0 Å². The summed E-state index contributed by atoms with van der Waals surface area (Å²) in [6.45, 7) is 0.396. The molecule has 5 nitrogen and oxygen atoms in total. The Kier molecular flexibility index (Phi) is 3.66. The van der Waals surface area contributed by atoms with Gasteiger partial charge in [0.1, 0.15) is 11.3 Å². The predicted molar refractivity (Wildman–Crippen MR) is 75.1 cm³/mol. The lowest BCUT2D eigenvalue weighted by Gasteiger charge is -2.32. The van der Waals surface area contributed by atoms with Gasteiger partial charge in [0, 0.05) is 13.6 Å². The van der Waals surface area contributed by atoms with Gasteiger partial charge in [-0.2, -0.15) is 0 Å². The molecule has 0 spiro atoms. The smallest absolute Gasteiger partial charge is 0.239 e. The number of nitrogens with zero attached hydrogens (tertiary/aromatic N) is 1. The summed E-state index contributed by atoms with van der Waals surface area (Å²) in [5.41, 5.74) is 11.6. The third-order valence-electron chi connectivity index (χ3n) is 3.76. The molecule has 0 radical (unpaired) electrons. The molecule has 0 bridgehead atoms. The number of carbonyl (C=O) groups is 1. The molecular formula is C14H21N3O2. The fourth-order valence-electron chi connectivity index (χ4n) is 2.43. The number of amides is 1. The second-order valence-electron chi connectivity index (χ2n) is 5.21. The number of para-hydroxylation sites is 2. The minimum Gasteiger partial charge on any atom is -0.495 e. The van der Waals surface area contributed by atoms with E-state index in [1.807, 2.05) is 36.2 Å². The van der Waals surface area contributed by atoms with Crippen LogP contribution in [0.4, 0.5) is 5.69 Å². The Morgan fingerprint density at radius 2 is 2.11 bits per heavy atom. The molecule has 4 N–H and O–H groups in total. The number of hydrogen-bond acceptors (Lipinski definition) is 4. The van der Waals surface area contributed by atoms with E-state index in [9.17, 15) is 4.79 Å². The van der Waals surface area contributed by atoms with Gasteiger partial charge in [-0.3, -0.25) is 4.79 Å². The van der Waals surface area contributed by atoms with Crippen molar-refractivity contribution in [1.29, 1.82) is 0 Å². The van der Waals surface area contributed by atoms with Crippen LogP contribution >= 0.6 is 0 Å². The summed E-state index contributed by atoms with van der Waals surface area (Å²) in [7, 11) is 3.52. The number of primary amides is 1. The van der Waals surface area contributed by atoms with E-state index in [0.29, 0.717) is 6.54 Å². The second kappa shape index (κ2) is 5.09. The third kappa shape index (κ3) is 2.66. The molecule has 5 heteroatoms. The van der Waals surface area contributed by atoms with E-state index in [2.05, 4.69) is 0 Å². The summed E-state index contributed by atoms with van der Waals surface area (Å²) in [6.07, 6.45) is 1.94. The molecule has 1 aliphatic carbocycles. The number of hydrogen-bond donors (Lipinski definition) is 2. The molecule has 0 aromatic heterocycles. The topological polar surface area (TPSA) is 81.6 Å². The Morgan fingerprint density at radius 3 is 2.63 bits per heavy atom. The largest absolute Gasteiger partial charge is 0.495 e. The zero-order valence-corrected chi connectivity index (χ0v) is 11.4. The molecule has 1 aromatic rings. The van der Waals surface area contributed by atoms with Crippen molar-refractivity contribution in [2.45, 2.75) is 18.4 Å². The van der Waals surface area contributed by atoms with Crippen molar-refractivity contribution in [3.63, 3.8) is 0 Å². The number of likely N-dealkylation sites (N-methyl/N-ethyl adjacent to an activating group) is 1. The van der Waals surface area contributed by atoms with Crippen molar-refractivity contribution in [3.8, 4) is 5.75 Å². The van der Waals surface area contributed by atoms with Crippen LogP contribution < -0.4 is 21.1 Å². The summed E-state index contributed by atoms with van der Waals surface area (Å²) >= 11 is 0. The Bertz CT molecular complexity index is 474. The number of ether oxygens (including phenoxy) is 1. The molecule has 104 valence electrons. The van der Waals surface area contributed by atoms with Crippen LogP contribution in [0.1, 0.15) is 12.8 Å². The molecular weight excluding hydrogens is 242 g/mol. The number of carbonyl (C=O) groups excluding carboxylic acids is 1. The van der Waals surface area contributed by atoms with Gasteiger partial charge in [-0.25, -0.2) is 0 Å². The van der Waals surface area contributed by atoms with Crippen LogP contribution in [0.25, 0.3) is 0 Å². The lowest BCUT2D eigenvalue weighted by molar-refractivity contribution is -0.123. The molecule has 1 saturated carbocycles. The lowest BCUT2D eigenvalue weighted by atomic mass is 9.93. The number of anilines is 1. The Hall–Kier alpha value is -1.75. The Labute approximate surface area is 113 Å². The van der Waals surface area contributed by atoms with E-state index in [1.54, 1.807) is 7.11 Å². The van der Waals surface area contributed by atoms with Crippen LogP contribution in [-0.2, 0) is 4.79 Å². The van der Waals surface area contributed by atoms with Gasteiger partial charge in [0.05, 0.1) is 12.8 Å². The van der Waals surface area contributed by atoms with Gasteiger partial charge in [-0.15, -0.1) is 0 Å². The Balaban J connectivity index is 2.19. The van der Waals surface area contributed by atoms with E-state index >= 15 is 0 Å². The number of benzene rings is 1. The highest BCUT2D eigenvalue weighted by Crippen LogP contribution is 2.39. The van der Waals surface area contributed by atoms with Gasteiger partial charge in [0.15, 0.2) is 0 Å². The summed E-state index contributed by atoms with van der Waals surface area (Å²) in [5.74, 6) is 0.520. The molecule has 1 atom stereocenters. The minimum absolute atomic E-state index is 0.196. The maximum Gasteiger partial charge on any atom is 0.239 e. The van der Waals surface area contributed by atoms with Crippen molar-refractivity contribution >= 4 is 11.6 Å². The number of rotatable bonds is 6. The SMILES string of the molecule is COc1ccccc1N(C)CC(N)(C(N)=O)C1CC1. The van der Waals surface area contributed by atoms with Gasteiger partial charge in [0.2, 0.25) is 5.91 Å². The first-order chi connectivity index (χ1) is 8.99. The molecule has 1 amide bonds. The van der Waals surface area contributed by atoms with E-state index in [4.69, 9.17) is 16.2 Å². The average molecular weight is 263 g/mol. The molecule has 19 heavy (non-hydrogen) atoms. The van der Waals surface area contributed by atoms with Gasteiger partial charge in [-0.1, -0.05) is 12.1 Å². The van der Waals surface area contributed by atoms with Gasteiger partial charge in [-0.05, 0) is 30.9 Å². The molecule has 0 aliphatic heterocycles. The molecule has 0 saturated heterocycles. The van der Waals surface area contributed by atoms with Crippen molar-refractivity contribution in [2.75, 3.05) is 25.6 Å². The average Bonchev–Trinajstić information content (AvgIpc) is 3.22. The highest BCUT2D eigenvalue weighted by molar-refractivity contribution is 5.86. The highest BCUT2D eigenvalue weighted by atomic mass is 16.5. The van der Waals surface area contributed by atoms with Crippen molar-refractivity contribution in [3.05, 3.63) is 24.3 Å². The fraction of sp³-hybridized carbons (Fsp3) is 0.500. The van der Waals surface area contributed by atoms with E-state index < -0.39 is 11.4 Å². The maximum absolute atomic E-state index is 11.7.